The zero-order valence-corrected chi connectivity index (χ0v) is 8.12. The smallest absolute Gasteiger partial charge is 0.367 e. The fraction of sp³-hybridized carbons (Fsp3) is 0.600. The average Bonchev–Trinajstić information content (AvgIpc) is 2.52. The molecule has 0 aliphatic heterocycles. The van der Waals surface area contributed by atoms with Crippen molar-refractivity contribution in [2.45, 2.75) is 38.8 Å². The molecule has 0 saturated carbocycles. The number of aromatic amines is 1. The second kappa shape index (κ2) is 4.53. The molecule has 4 heteroatoms. The Hall–Kier alpha value is -0.930. The van der Waals surface area contributed by atoms with E-state index in [0.717, 1.165) is 25.5 Å². The van der Waals surface area contributed by atoms with E-state index in [4.69, 9.17) is 0 Å². The lowest BCUT2D eigenvalue weighted by molar-refractivity contribution is -0.138. The van der Waals surface area contributed by atoms with Crippen LogP contribution in [0, 0.1) is 0 Å². The summed E-state index contributed by atoms with van der Waals surface area (Å²) in [6.07, 6.45) is 1.57. The highest BCUT2D eigenvalue weighted by Gasteiger charge is 2.33. The average molecular weight is 205 g/mol. The molecule has 0 aromatic carbocycles. The van der Waals surface area contributed by atoms with Crippen molar-refractivity contribution < 1.29 is 13.2 Å². The van der Waals surface area contributed by atoms with Gasteiger partial charge in [-0.05, 0) is 18.4 Å². The lowest BCUT2D eigenvalue weighted by Crippen LogP contribution is -2.06. The summed E-state index contributed by atoms with van der Waals surface area (Å²) < 4.78 is 37.1. The first-order valence-corrected chi connectivity index (χ1v) is 4.78. The number of H-pyrrole nitrogens is 1. The number of hydrogen-bond donors (Lipinski definition) is 1. The van der Waals surface area contributed by atoms with Crippen molar-refractivity contribution in [1.29, 1.82) is 0 Å². The van der Waals surface area contributed by atoms with Crippen molar-refractivity contribution >= 4 is 0 Å². The van der Waals surface area contributed by atoms with Gasteiger partial charge >= 0.3 is 6.18 Å². The molecule has 14 heavy (non-hydrogen) atoms. The van der Waals surface area contributed by atoms with Gasteiger partial charge in [0.05, 0.1) is 5.56 Å². The highest BCUT2D eigenvalue weighted by atomic mass is 19.4. The molecule has 1 rings (SSSR count). The lowest BCUT2D eigenvalue weighted by atomic mass is 10.1. The van der Waals surface area contributed by atoms with Crippen LogP contribution in [-0.2, 0) is 12.6 Å². The topological polar surface area (TPSA) is 15.8 Å². The van der Waals surface area contributed by atoms with Crippen molar-refractivity contribution in [2.75, 3.05) is 0 Å². The van der Waals surface area contributed by atoms with Gasteiger partial charge in [0.2, 0.25) is 0 Å². The van der Waals surface area contributed by atoms with Crippen molar-refractivity contribution in [3.05, 3.63) is 23.5 Å². The first-order chi connectivity index (χ1) is 6.55. The van der Waals surface area contributed by atoms with Gasteiger partial charge in [-0.2, -0.15) is 13.2 Å². The predicted molar refractivity (Wildman–Crippen MR) is 49.0 cm³/mol. The van der Waals surface area contributed by atoms with Gasteiger partial charge in [0.15, 0.2) is 0 Å². The lowest BCUT2D eigenvalue weighted by Gasteiger charge is -2.06. The minimum Gasteiger partial charge on any atom is -0.367 e. The molecular formula is C10H14F3N. The Morgan fingerprint density at radius 2 is 1.93 bits per heavy atom. The number of alkyl halides is 3. The Kier molecular flexibility index (Phi) is 3.61. The summed E-state index contributed by atoms with van der Waals surface area (Å²) in [7, 11) is 0. The van der Waals surface area contributed by atoms with Crippen LogP contribution in [0.3, 0.4) is 0 Å². The van der Waals surface area contributed by atoms with E-state index in [0.29, 0.717) is 12.0 Å². The van der Waals surface area contributed by atoms with Crippen LogP contribution in [0.25, 0.3) is 0 Å². The van der Waals surface area contributed by atoms with E-state index < -0.39 is 11.7 Å². The summed E-state index contributed by atoms with van der Waals surface area (Å²) >= 11 is 0. The molecule has 1 aromatic heterocycles. The van der Waals surface area contributed by atoms with Crippen LogP contribution in [0.15, 0.2) is 12.4 Å². The fourth-order valence-electron chi connectivity index (χ4n) is 1.43. The molecule has 0 fully saturated rings. The first-order valence-electron chi connectivity index (χ1n) is 4.78. The van der Waals surface area contributed by atoms with Gasteiger partial charge in [-0.25, -0.2) is 0 Å². The highest BCUT2D eigenvalue weighted by molar-refractivity contribution is 5.26. The Balaban J connectivity index is 2.63. The number of nitrogens with one attached hydrogen (secondary N) is 1. The maximum absolute atomic E-state index is 12.4. The molecule has 0 spiro atoms. The highest BCUT2D eigenvalue weighted by Crippen LogP contribution is 2.32. The summed E-state index contributed by atoms with van der Waals surface area (Å²) in [6, 6.07) is 0. The molecule has 1 aromatic rings. The fourth-order valence-corrected chi connectivity index (χ4v) is 1.43. The van der Waals surface area contributed by atoms with E-state index in [9.17, 15) is 13.2 Å². The molecule has 80 valence electrons. The van der Waals surface area contributed by atoms with Gasteiger partial charge < -0.3 is 4.98 Å². The van der Waals surface area contributed by atoms with Crippen LogP contribution in [0.5, 0.6) is 0 Å². The van der Waals surface area contributed by atoms with Crippen LogP contribution in [0.1, 0.15) is 37.3 Å². The number of rotatable bonds is 4. The molecule has 0 amide bonds. The maximum Gasteiger partial charge on any atom is 0.418 e. The van der Waals surface area contributed by atoms with Gasteiger partial charge in [-0.15, -0.1) is 0 Å². The Labute approximate surface area is 81.3 Å². The number of hydrogen-bond acceptors (Lipinski definition) is 0. The summed E-state index contributed by atoms with van der Waals surface area (Å²) in [5, 5.41) is 0. The normalized spacial score (nSPS) is 12.0. The zero-order valence-electron chi connectivity index (χ0n) is 8.12. The number of halogens is 3. The Morgan fingerprint density at radius 3 is 2.50 bits per heavy atom. The van der Waals surface area contributed by atoms with Gasteiger partial charge in [0.25, 0.3) is 0 Å². The third kappa shape index (κ3) is 2.79. The van der Waals surface area contributed by atoms with Crippen molar-refractivity contribution in [1.82, 2.24) is 4.98 Å². The quantitative estimate of drug-likeness (QED) is 0.720. The second-order valence-corrected chi connectivity index (χ2v) is 3.35. The molecule has 0 saturated heterocycles. The predicted octanol–water partition coefficient (Wildman–Crippen LogP) is 3.77. The minimum absolute atomic E-state index is 0.381. The van der Waals surface area contributed by atoms with E-state index in [1.165, 1.54) is 6.20 Å². The molecule has 0 bridgehead atoms. The largest absolute Gasteiger partial charge is 0.418 e. The third-order valence-corrected chi connectivity index (χ3v) is 2.19. The molecule has 0 aliphatic carbocycles. The number of aromatic nitrogens is 1. The van der Waals surface area contributed by atoms with Crippen molar-refractivity contribution in [3.8, 4) is 0 Å². The van der Waals surface area contributed by atoms with E-state index in [1.807, 2.05) is 6.92 Å². The van der Waals surface area contributed by atoms with Crippen LogP contribution >= 0.6 is 0 Å². The van der Waals surface area contributed by atoms with E-state index in [1.54, 1.807) is 0 Å². The third-order valence-electron chi connectivity index (χ3n) is 2.19. The summed E-state index contributed by atoms with van der Waals surface area (Å²) in [4.78, 5) is 2.51. The standard InChI is InChI=1S/C10H14F3N/c1-2-3-4-5-8-6-14-7-9(8)10(11,12)13/h6-7,14H,2-5H2,1H3. The van der Waals surface area contributed by atoms with Gasteiger partial charge in [0.1, 0.15) is 0 Å². The van der Waals surface area contributed by atoms with Crippen LogP contribution < -0.4 is 0 Å². The molecule has 0 aliphatic rings. The second-order valence-electron chi connectivity index (χ2n) is 3.35. The van der Waals surface area contributed by atoms with Gasteiger partial charge in [-0.3, -0.25) is 0 Å². The van der Waals surface area contributed by atoms with E-state index in [-0.39, 0.29) is 0 Å². The van der Waals surface area contributed by atoms with Crippen LogP contribution in [0.2, 0.25) is 0 Å². The first kappa shape index (κ1) is 11.1. The molecule has 1 heterocycles. The van der Waals surface area contributed by atoms with Gasteiger partial charge in [0, 0.05) is 12.4 Å². The molecule has 0 unspecified atom stereocenters. The van der Waals surface area contributed by atoms with E-state index in [2.05, 4.69) is 4.98 Å². The number of unbranched alkanes of at least 4 members (excludes halogenated alkanes) is 2. The Morgan fingerprint density at radius 1 is 1.21 bits per heavy atom. The molecule has 1 N–H and O–H groups in total. The maximum atomic E-state index is 12.4. The van der Waals surface area contributed by atoms with Crippen LogP contribution in [0.4, 0.5) is 13.2 Å². The molecule has 0 radical (unpaired) electrons. The van der Waals surface area contributed by atoms with Gasteiger partial charge in [-0.1, -0.05) is 19.8 Å². The molecule has 0 atom stereocenters. The van der Waals surface area contributed by atoms with Crippen LogP contribution in [-0.4, -0.2) is 4.98 Å². The summed E-state index contributed by atoms with van der Waals surface area (Å²) in [5.41, 5.74) is -0.139. The summed E-state index contributed by atoms with van der Waals surface area (Å²) in [6.45, 7) is 2.03. The molecule has 1 nitrogen and oxygen atoms in total. The Bertz CT molecular complexity index is 275. The molecular weight excluding hydrogens is 191 g/mol. The number of aryl methyl sites for hydroxylation is 1. The van der Waals surface area contributed by atoms with Crippen molar-refractivity contribution in [3.63, 3.8) is 0 Å². The monoisotopic (exact) mass is 205 g/mol. The zero-order chi connectivity index (χ0) is 10.6. The SMILES string of the molecule is CCCCCc1c[nH]cc1C(F)(F)F. The van der Waals surface area contributed by atoms with E-state index >= 15 is 0 Å². The van der Waals surface area contributed by atoms with Crippen molar-refractivity contribution in [2.24, 2.45) is 0 Å². The minimum atomic E-state index is -4.22. The summed E-state index contributed by atoms with van der Waals surface area (Å²) in [5.74, 6) is 0.